The monoisotopic (exact) mass is 309 g/mol. The van der Waals surface area contributed by atoms with Crippen molar-refractivity contribution in [2.45, 2.75) is 25.6 Å². The van der Waals surface area contributed by atoms with E-state index in [0.29, 0.717) is 0 Å². The van der Waals surface area contributed by atoms with Crippen LogP contribution < -0.4 is 5.73 Å². The van der Waals surface area contributed by atoms with Gasteiger partial charge in [-0.3, -0.25) is 9.80 Å². The number of rotatable bonds is 4. The zero-order valence-electron chi connectivity index (χ0n) is 13.8. The predicted molar refractivity (Wildman–Crippen MR) is 96.0 cm³/mol. The molecule has 0 unspecified atom stereocenters. The molecule has 1 aliphatic heterocycles. The van der Waals surface area contributed by atoms with E-state index in [1.165, 1.54) is 17.5 Å². The first kappa shape index (κ1) is 16.2. The first-order valence-electron chi connectivity index (χ1n) is 8.58. The molecule has 23 heavy (non-hydrogen) atoms. The van der Waals surface area contributed by atoms with Crippen LogP contribution >= 0.6 is 0 Å². The summed E-state index contributed by atoms with van der Waals surface area (Å²) in [6.07, 6.45) is 1.20. The molecule has 0 bridgehead atoms. The molecule has 0 radical (unpaired) electrons. The van der Waals surface area contributed by atoms with E-state index >= 15 is 0 Å². The van der Waals surface area contributed by atoms with Gasteiger partial charge >= 0.3 is 0 Å². The number of hydrogen-bond donors (Lipinski definition) is 1. The molecule has 122 valence electrons. The van der Waals surface area contributed by atoms with Gasteiger partial charge < -0.3 is 5.73 Å². The van der Waals surface area contributed by atoms with Gasteiger partial charge in [0.1, 0.15) is 0 Å². The van der Waals surface area contributed by atoms with Crippen molar-refractivity contribution in [2.24, 2.45) is 5.73 Å². The van der Waals surface area contributed by atoms with Gasteiger partial charge in [-0.2, -0.15) is 0 Å². The average Bonchev–Trinajstić information content (AvgIpc) is 2.55. The molecule has 2 aromatic rings. The van der Waals surface area contributed by atoms with Gasteiger partial charge in [-0.25, -0.2) is 0 Å². The van der Waals surface area contributed by atoms with Crippen molar-refractivity contribution in [2.75, 3.05) is 26.2 Å². The highest BCUT2D eigenvalue weighted by molar-refractivity contribution is 5.15. The number of nitrogens with zero attached hydrogens (tertiary/aromatic N) is 2. The van der Waals surface area contributed by atoms with Crippen LogP contribution in [0.1, 0.15) is 17.5 Å². The minimum atomic E-state index is 0.211. The van der Waals surface area contributed by atoms with Crippen molar-refractivity contribution in [3.8, 4) is 0 Å². The normalized spacial score (nSPS) is 18.5. The molecule has 3 nitrogen and oxygen atoms in total. The predicted octanol–water partition coefficient (Wildman–Crippen LogP) is 2.72. The van der Waals surface area contributed by atoms with Crippen LogP contribution in [-0.2, 0) is 13.1 Å². The molecule has 0 aromatic heterocycles. The SMILES string of the molecule is NC1CN(Cc2ccccc2)CCCN(Cc2ccccc2)C1. The Morgan fingerprint density at radius 1 is 0.739 bits per heavy atom. The van der Waals surface area contributed by atoms with Crippen LogP contribution in [0.25, 0.3) is 0 Å². The zero-order chi connectivity index (χ0) is 15.9. The average molecular weight is 309 g/mol. The van der Waals surface area contributed by atoms with Crippen molar-refractivity contribution in [1.82, 2.24) is 9.80 Å². The Bertz CT molecular complexity index is 518. The van der Waals surface area contributed by atoms with E-state index in [9.17, 15) is 0 Å². The Balaban J connectivity index is 1.54. The highest BCUT2D eigenvalue weighted by Gasteiger charge is 2.18. The Morgan fingerprint density at radius 2 is 1.17 bits per heavy atom. The summed E-state index contributed by atoms with van der Waals surface area (Å²) in [5.74, 6) is 0. The molecule has 1 fully saturated rings. The Labute approximate surface area is 139 Å². The number of nitrogens with two attached hydrogens (primary N) is 1. The first-order valence-corrected chi connectivity index (χ1v) is 8.58. The van der Waals surface area contributed by atoms with Gasteiger partial charge in [0.05, 0.1) is 0 Å². The number of hydrogen-bond acceptors (Lipinski definition) is 3. The summed E-state index contributed by atoms with van der Waals surface area (Å²) in [7, 11) is 0. The summed E-state index contributed by atoms with van der Waals surface area (Å²) in [6, 6.07) is 21.6. The lowest BCUT2D eigenvalue weighted by Gasteiger charge is -2.33. The second kappa shape index (κ2) is 8.25. The third-order valence-electron chi connectivity index (χ3n) is 4.43. The van der Waals surface area contributed by atoms with E-state index in [-0.39, 0.29) is 6.04 Å². The number of benzene rings is 2. The van der Waals surface area contributed by atoms with Gasteiger partial charge in [0.2, 0.25) is 0 Å². The minimum Gasteiger partial charge on any atom is -0.325 e. The fourth-order valence-electron chi connectivity index (χ4n) is 3.39. The minimum absolute atomic E-state index is 0.211. The van der Waals surface area contributed by atoms with Gasteiger partial charge in [0, 0.05) is 32.2 Å². The van der Waals surface area contributed by atoms with E-state index in [1.807, 2.05) is 0 Å². The van der Waals surface area contributed by atoms with E-state index in [2.05, 4.69) is 70.5 Å². The Kier molecular flexibility index (Phi) is 5.81. The Morgan fingerprint density at radius 3 is 1.61 bits per heavy atom. The maximum Gasteiger partial charge on any atom is 0.0297 e. The van der Waals surface area contributed by atoms with Crippen LogP contribution in [0, 0.1) is 0 Å². The summed E-state index contributed by atoms with van der Waals surface area (Å²) in [5.41, 5.74) is 9.16. The standard InChI is InChI=1S/C20H27N3/c21-20-16-22(14-18-8-3-1-4-9-18)12-7-13-23(17-20)15-19-10-5-2-6-11-19/h1-6,8-11,20H,7,12-17,21H2. The van der Waals surface area contributed by atoms with Crippen molar-refractivity contribution in [3.05, 3.63) is 71.8 Å². The van der Waals surface area contributed by atoms with Crippen molar-refractivity contribution in [3.63, 3.8) is 0 Å². The molecular weight excluding hydrogens is 282 g/mol. The summed E-state index contributed by atoms with van der Waals surface area (Å²) >= 11 is 0. The van der Waals surface area contributed by atoms with Crippen molar-refractivity contribution >= 4 is 0 Å². The lowest BCUT2D eigenvalue weighted by Crippen LogP contribution is -2.48. The van der Waals surface area contributed by atoms with Crippen LogP contribution in [0.5, 0.6) is 0 Å². The van der Waals surface area contributed by atoms with Crippen LogP contribution in [-0.4, -0.2) is 42.0 Å². The third kappa shape index (κ3) is 5.17. The fourth-order valence-corrected chi connectivity index (χ4v) is 3.39. The van der Waals surface area contributed by atoms with Crippen LogP contribution in [0.4, 0.5) is 0 Å². The highest BCUT2D eigenvalue weighted by Crippen LogP contribution is 2.11. The summed E-state index contributed by atoms with van der Waals surface area (Å²) in [6.45, 7) is 6.20. The maximum atomic E-state index is 6.41. The van der Waals surface area contributed by atoms with Gasteiger partial charge in [-0.15, -0.1) is 0 Å². The quantitative estimate of drug-likeness (QED) is 0.942. The molecule has 0 atom stereocenters. The molecule has 0 spiro atoms. The Hall–Kier alpha value is -1.68. The molecular formula is C20H27N3. The van der Waals surface area contributed by atoms with E-state index in [1.54, 1.807) is 0 Å². The molecule has 1 saturated heterocycles. The highest BCUT2D eigenvalue weighted by atomic mass is 15.2. The van der Waals surface area contributed by atoms with E-state index in [4.69, 9.17) is 5.73 Å². The molecule has 0 aliphatic carbocycles. The molecule has 3 heteroatoms. The maximum absolute atomic E-state index is 6.41. The molecule has 0 saturated carbocycles. The van der Waals surface area contributed by atoms with Crippen molar-refractivity contribution < 1.29 is 0 Å². The van der Waals surface area contributed by atoms with Crippen LogP contribution in [0.15, 0.2) is 60.7 Å². The lowest BCUT2D eigenvalue weighted by atomic mass is 10.1. The summed E-state index contributed by atoms with van der Waals surface area (Å²) < 4.78 is 0. The fraction of sp³-hybridized carbons (Fsp3) is 0.400. The molecule has 2 N–H and O–H groups in total. The van der Waals surface area contributed by atoms with E-state index < -0.39 is 0 Å². The van der Waals surface area contributed by atoms with Crippen molar-refractivity contribution in [1.29, 1.82) is 0 Å². The molecule has 0 amide bonds. The molecule has 2 aromatic carbocycles. The first-order chi connectivity index (χ1) is 11.3. The molecule has 1 heterocycles. The van der Waals surface area contributed by atoms with Gasteiger partial charge in [-0.1, -0.05) is 60.7 Å². The largest absolute Gasteiger partial charge is 0.325 e. The van der Waals surface area contributed by atoms with Gasteiger partial charge in [0.25, 0.3) is 0 Å². The molecule has 1 aliphatic rings. The van der Waals surface area contributed by atoms with Gasteiger partial charge in [0.15, 0.2) is 0 Å². The van der Waals surface area contributed by atoms with Gasteiger partial charge in [-0.05, 0) is 30.6 Å². The topological polar surface area (TPSA) is 32.5 Å². The molecule has 3 rings (SSSR count). The second-order valence-corrected chi connectivity index (χ2v) is 6.56. The lowest BCUT2D eigenvalue weighted by molar-refractivity contribution is 0.157. The third-order valence-corrected chi connectivity index (χ3v) is 4.43. The van der Waals surface area contributed by atoms with E-state index in [0.717, 1.165) is 39.3 Å². The second-order valence-electron chi connectivity index (χ2n) is 6.56. The smallest absolute Gasteiger partial charge is 0.0297 e. The zero-order valence-corrected chi connectivity index (χ0v) is 13.8. The summed E-state index contributed by atoms with van der Waals surface area (Å²) in [4.78, 5) is 5.00. The van der Waals surface area contributed by atoms with Crippen LogP contribution in [0.3, 0.4) is 0 Å². The van der Waals surface area contributed by atoms with Crippen LogP contribution in [0.2, 0.25) is 0 Å². The summed E-state index contributed by atoms with van der Waals surface area (Å²) in [5, 5.41) is 0.